The Labute approximate surface area is 181 Å². The van der Waals surface area contributed by atoms with Gasteiger partial charge < -0.3 is 9.64 Å². The lowest BCUT2D eigenvalue weighted by molar-refractivity contribution is -0.143. The van der Waals surface area contributed by atoms with Crippen LogP contribution in [0.4, 0.5) is 0 Å². The van der Waals surface area contributed by atoms with Gasteiger partial charge >= 0.3 is 5.97 Å². The van der Waals surface area contributed by atoms with Gasteiger partial charge in [0.1, 0.15) is 0 Å². The second-order valence-corrected chi connectivity index (χ2v) is 7.95. The summed E-state index contributed by atoms with van der Waals surface area (Å²) in [6.07, 6.45) is -0.148. The number of amides is 1. The van der Waals surface area contributed by atoms with E-state index in [0.717, 1.165) is 11.1 Å². The molecule has 1 aliphatic rings. The third-order valence-corrected chi connectivity index (χ3v) is 5.38. The number of nitrogens with zero attached hydrogens (tertiary/aromatic N) is 2. The predicted octanol–water partition coefficient (Wildman–Crippen LogP) is 4.95. The van der Waals surface area contributed by atoms with Crippen molar-refractivity contribution in [3.63, 3.8) is 0 Å². The van der Waals surface area contributed by atoms with E-state index >= 15 is 0 Å². The van der Waals surface area contributed by atoms with Crippen LogP contribution in [0.25, 0.3) is 0 Å². The lowest BCUT2D eigenvalue weighted by Crippen LogP contribution is -2.38. The van der Waals surface area contributed by atoms with E-state index in [1.807, 2.05) is 24.3 Å². The van der Waals surface area contributed by atoms with E-state index in [0.29, 0.717) is 21.9 Å². The summed E-state index contributed by atoms with van der Waals surface area (Å²) in [5, 5.41) is 9.97. The van der Waals surface area contributed by atoms with Crippen LogP contribution in [0.15, 0.2) is 59.8 Å². The van der Waals surface area contributed by atoms with E-state index in [1.165, 1.54) is 0 Å². The van der Waals surface area contributed by atoms with Crippen molar-refractivity contribution >= 4 is 23.5 Å². The monoisotopic (exact) mass is 422 g/mol. The van der Waals surface area contributed by atoms with Crippen LogP contribution in [0.5, 0.6) is 0 Å². The molecule has 5 nitrogen and oxygen atoms in total. The first kappa shape index (κ1) is 21.6. The fourth-order valence-electron chi connectivity index (χ4n) is 3.66. The molecule has 1 amide bonds. The Morgan fingerprint density at radius 1 is 1.23 bits per heavy atom. The Kier molecular flexibility index (Phi) is 6.59. The Morgan fingerprint density at radius 2 is 1.90 bits per heavy atom. The molecule has 0 fully saturated rings. The maximum absolute atomic E-state index is 13.1. The summed E-state index contributed by atoms with van der Waals surface area (Å²) >= 11 is 6.01. The number of hydrogen-bond donors (Lipinski definition) is 0. The van der Waals surface area contributed by atoms with E-state index in [4.69, 9.17) is 16.3 Å². The molecule has 0 aromatic heterocycles. The number of esters is 1. The average molecular weight is 423 g/mol. The predicted molar refractivity (Wildman–Crippen MR) is 114 cm³/mol. The van der Waals surface area contributed by atoms with E-state index in [1.54, 1.807) is 49.9 Å². The maximum atomic E-state index is 13.1. The topological polar surface area (TPSA) is 70.4 Å². The van der Waals surface area contributed by atoms with Gasteiger partial charge in [0.05, 0.1) is 29.9 Å². The van der Waals surface area contributed by atoms with Gasteiger partial charge in [0.25, 0.3) is 0 Å². The van der Waals surface area contributed by atoms with Gasteiger partial charge in [-0.1, -0.05) is 41.9 Å². The third kappa shape index (κ3) is 4.55. The van der Waals surface area contributed by atoms with Crippen molar-refractivity contribution in [1.29, 1.82) is 5.26 Å². The number of carbonyl (C=O) groups excluding carboxylic acids is 2. The van der Waals surface area contributed by atoms with Crippen molar-refractivity contribution in [3.05, 3.63) is 81.5 Å². The minimum absolute atomic E-state index is 0.110. The molecule has 0 spiro atoms. The van der Waals surface area contributed by atoms with E-state index in [9.17, 15) is 14.9 Å². The molecule has 0 bridgehead atoms. The molecule has 6 heteroatoms. The van der Waals surface area contributed by atoms with Crippen molar-refractivity contribution in [2.24, 2.45) is 0 Å². The Hall–Kier alpha value is -3.10. The number of allylic oxidation sites excluding steroid dienone is 1. The zero-order valence-electron chi connectivity index (χ0n) is 17.2. The van der Waals surface area contributed by atoms with Crippen LogP contribution in [0.1, 0.15) is 49.8 Å². The van der Waals surface area contributed by atoms with Crippen LogP contribution < -0.4 is 0 Å². The lowest BCUT2D eigenvalue weighted by Gasteiger charge is -2.35. The number of hydrogen-bond acceptors (Lipinski definition) is 4. The molecule has 0 radical (unpaired) electrons. The van der Waals surface area contributed by atoms with Crippen molar-refractivity contribution in [2.75, 3.05) is 0 Å². The van der Waals surface area contributed by atoms with Gasteiger partial charge in [-0.3, -0.25) is 4.79 Å². The van der Waals surface area contributed by atoms with Gasteiger partial charge in [-0.2, -0.15) is 5.26 Å². The van der Waals surface area contributed by atoms with Crippen LogP contribution in [0, 0.1) is 11.3 Å². The molecule has 1 aliphatic heterocycles. The number of benzene rings is 2. The number of nitriles is 1. The average Bonchev–Trinajstić information content (AvgIpc) is 2.71. The second kappa shape index (κ2) is 9.15. The molecular weight excluding hydrogens is 400 g/mol. The molecule has 1 atom stereocenters. The Balaban J connectivity index is 2.06. The van der Waals surface area contributed by atoms with Crippen LogP contribution in [-0.2, 0) is 20.9 Å². The van der Waals surface area contributed by atoms with Crippen LogP contribution in [0.2, 0.25) is 5.02 Å². The summed E-state index contributed by atoms with van der Waals surface area (Å²) in [6.45, 7) is 5.56. The second-order valence-electron chi connectivity index (χ2n) is 7.51. The summed E-state index contributed by atoms with van der Waals surface area (Å²) in [5.74, 6) is -0.960. The first-order valence-electron chi connectivity index (χ1n) is 9.77. The van der Waals surface area contributed by atoms with Gasteiger partial charge in [0, 0.05) is 23.1 Å². The zero-order valence-corrected chi connectivity index (χ0v) is 17.9. The lowest BCUT2D eigenvalue weighted by atomic mass is 9.83. The van der Waals surface area contributed by atoms with Gasteiger partial charge in [-0.05, 0) is 50.1 Å². The standard InChI is InChI=1S/C24H23ClN2O3/c1-15(2)30-24(29)23-16(3)27(14-19-7-5-4-6-18(19)13-26)22(28)12-21(23)17-8-10-20(25)11-9-17/h4-11,15,21H,12,14H2,1-3H3. The molecule has 154 valence electrons. The Bertz CT molecular complexity index is 1040. The molecule has 3 rings (SSSR count). The summed E-state index contributed by atoms with van der Waals surface area (Å²) in [4.78, 5) is 27.7. The largest absolute Gasteiger partial charge is 0.460 e. The minimum atomic E-state index is -0.437. The van der Waals surface area contributed by atoms with Crippen molar-refractivity contribution < 1.29 is 14.3 Å². The molecule has 30 heavy (non-hydrogen) atoms. The molecule has 0 N–H and O–H groups in total. The molecule has 2 aromatic rings. The SMILES string of the molecule is CC1=C(C(=O)OC(C)C)C(c2ccc(Cl)cc2)CC(=O)N1Cc1ccccc1C#N. The van der Waals surface area contributed by atoms with Gasteiger partial charge in [-0.25, -0.2) is 4.79 Å². The maximum Gasteiger partial charge on any atom is 0.336 e. The molecule has 1 unspecified atom stereocenters. The molecule has 0 aliphatic carbocycles. The summed E-state index contributed by atoms with van der Waals surface area (Å²) < 4.78 is 5.50. The summed E-state index contributed by atoms with van der Waals surface area (Å²) in [6, 6.07) is 16.5. The fourth-order valence-corrected chi connectivity index (χ4v) is 3.79. The third-order valence-electron chi connectivity index (χ3n) is 5.12. The first-order valence-corrected chi connectivity index (χ1v) is 10.1. The van der Waals surface area contributed by atoms with E-state index in [2.05, 4.69) is 6.07 Å². The van der Waals surface area contributed by atoms with E-state index in [-0.39, 0.29) is 25.0 Å². The van der Waals surface area contributed by atoms with Crippen molar-refractivity contribution in [2.45, 2.75) is 45.8 Å². The van der Waals surface area contributed by atoms with Crippen LogP contribution in [-0.4, -0.2) is 22.9 Å². The fraction of sp³-hybridized carbons (Fsp3) is 0.292. The highest BCUT2D eigenvalue weighted by Gasteiger charge is 2.37. The van der Waals surface area contributed by atoms with Crippen molar-refractivity contribution in [1.82, 2.24) is 4.90 Å². The highest BCUT2D eigenvalue weighted by molar-refractivity contribution is 6.30. The summed E-state index contributed by atoms with van der Waals surface area (Å²) in [7, 11) is 0. The molecule has 0 saturated carbocycles. The van der Waals surface area contributed by atoms with Crippen LogP contribution >= 0.6 is 11.6 Å². The summed E-state index contributed by atoms with van der Waals surface area (Å²) in [5.41, 5.74) is 3.07. The molecule has 1 heterocycles. The first-order chi connectivity index (χ1) is 14.3. The zero-order chi connectivity index (χ0) is 21.8. The van der Waals surface area contributed by atoms with Gasteiger partial charge in [0.15, 0.2) is 0 Å². The molecule has 0 saturated heterocycles. The van der Waals surface area contributed by atoms with Gasteiger partial charge in [0.2, 0.25) is 5.91 Å². The highest BCUT2D eigenvalue weighted by atomic mass is 35.5. The highest BCUT2D eigenvalue weighted by Crippen LogP contribution is 2.38. The number of halogens is 1. The molecular formula is C24H23ClN2O3. The smallest absolute Gasteiger partial charge is 0.336 e. The number of rotatable bonds is 5. The van der Waals surface area contributed by atoms with Crippen LogP contribution in [0.3, 0.4) is 0 Å². The van der Waals surface area contributed by atoms with E-state index < -0.39 is 11.9 Å². The number of ether oxygens (including phenoxy) is 1. The molecule has 2 aromatic carbocycles. The quantitative estimate of drug-likeness (QED) is 0.639. The normalized spacial score (nSPS) is 16.6. The van der Waals surface area contributed by atoms with Crippen molar-refractivity contribution in [3.8, 4) is 6.07 Å². The Morgan fingerprint density at radius 3 is 2.53 bits per heavy atom. The van der Waals surface area contributed by atoms with Gasteiger partial charge in [-0.15, -0.1) is 0 Å². The minimum Gasteiger partial charge on any atom is -0.460 e. The number of carbonyl (C=O) groups is 2.